The molecule has 9 heteroatoms. The number of carbonyl (C=O) groups is 1. The van der Waals surface area contributed by atoms with Crippen molar-refractivity contribution in [2.24, 2.45) is 4.99 Å². The molecule has 5 aromatic rings. The number of nitriles is 1. The van der Waals surface area contributed by atoms with Gasteiger partial charge in [-0.3, -0.25) is 9.36 Å². The molecule has 1 aromatic heterocycles. The Morgan fingerprint density at radius 2 is 1.71 bits per heavy atom. The number of ether oxygens (including phenoxy) is 2. The van der Waals surface area contributed by atoms with Crippen LogP contribution >= 0.6 is 11.3 Å². The van der Waals surface area contributed by atoms with Gasteiger partial charge in [0.15, 0.2) is 4.80 Å². The van der Waals surface area contributed by atoms with E-state index in [1.54, 1.807) is 43.3 Å². The molecule has 45 heavy (non-hydrogen) atoms. The average Bonchev–Trinajstić information content (AvgIpc) is 3.38. The first-order valence-corrected chi connectivity index (χ1v) is 15.0. The van der Waals surface area contributed by atoms with Gasteiger partial charge in [-0.15, -0.1) is 0 Å². The lowest BCUT2D eigenvalue weighted by atomic mass is 9.93. The van der Waals surface area contributed by atoms with E-state index in [4.69, 9.17) is 14.5 Å². The number of benzene rings is 4. The highest BCUT2D eigenvalue weighted by Crippen LogP contribution is 2.35. The van der Waals surface area contributed by atoms with Crippen molar-refractivity contribution in [3.63, 3.8) is 0 Å². The molecular weight excluding hydrogens is 589 g/mol. The third kappa shape index (κ3) is 5.96. The van der Waals surface area contributed by atoms with Crippen molar-refractivity contribution in [2.75, 3.05) is 6.61 Å². The second-order valence-corrected chi connectivity index (χ2v) is 11.1. The molecule has 4 aromatic carbocycles. The number of fused-ring (bicyclic) bond motifs is 1. The minimum absolute atomic E-state index is 0.126. The molecule has 2 heterocycles. The Hall–Kier alpha value is -5.59. The summed E-state index contributed by atoms with van der Waals surface area (Å²) in [6.45, 7) is 2.01. The summed E-state index contributed by atoms with van der Waals surface area (Å²) in [5.41, 5.74) is 3.35. The summed E-state index contributed by atoms with van der Waals surface area (Å²) in [6, 6.07) is 30.7. The van der Waals surface area contributed by atoms with Crippen molar-refractivity contribution < 1.29 is 18.7 Å². The molecule has 0 bridgehead atoms. The van der Waals surface area contributed by atoms with E-state index < -0.39 is 17.8 Å². The van der Waals surface area contributed by atoms with Crippen LogP contribution in [-0.2, 0) is 16.1 Å². The Balaban J connectivity index is 1.52. The van der Waals surface area contributed by atoms with Gasteiger partial charge in [-0.2, -0.15) is 5.26 Å². The van der Waals surface area contributed by atoms with Crippen LogP contribution in [0.2, 0.25) is 0 Å². The van der Waals surface area contributed by atoms with Gasteiger partial charge >= 0.3 is 5.97 Å². The normalized spacial score (nSPS) is 14.3. The number of hydrogen-bond donors (Lipinski definition) is 0. The number of carbonyl (C=O) groups excluding carboxylic acids is 1. The van der Waals surface area contributed by atoms with Crippen LogP contribution in [0.3, 0.4) is 0 Å². The van der Waals surface area contributed by atoms with E-state index in [0.29, 0.717) is 43.0 Å². The van der Waals surface area contributed by atoms with E-state index in [1.807, 2.05) is 60.7 Å². The van der Waals surface area contributed by atoms with Gasteiger partial charge in [-0.1, -0.05) is 90.2 Å². The van der Waals surface area contributed by atoms with Crippen molar-refractivity contribution in [2.45, 2.75) is 19.6 Å². The predicted molar refractivity (Wildman–Crippen MR) is 169 cm³/mol. The van der Waals surface area contributed by atoms with Gasteiger partial charge in [0.2, 0.25) is 0 Å². The number of esters is 1. The molecule has 6 rings (SSSR count). The molecule has 222 valence electrons. The number of hydrogen-bond acceptors (Lipinski definition) is 7. The van der Waals surface area contributed by atoms with E-state index in [-0.39, 0.29) is 24.3 Å². The lowest BCUT2D eigenvalue weighted by Crippen LogP contribution is -2.40. The number of halogens is 1. The van der Waals surface area contributed by atoms with E-state index >= 15 is 0 Å². The quantitative estimate of drug-likeness (QED) is 0.214. The Labute approximate surface area is 262 Å². The van der Waals surface area contributed by atoms with Crippen LogP contribution in [0.5, 0.6) is 5.75 Å². The number of nitrogens with zero attached hydrogens (tertiary/aromatic N) is 3. The Morgan fingerprint density at radius 1 is 1.00 bits per heavy atom. The molecule has 0 fully saturated rings. The number of para-hydroxylation sites is 1. The minimum Gasteiger partial charge on any atom is -0.488 e. The zero-order valence-corrected chi connectivity index (χ0v) is 25.0. The predicted octanol–water partition coefficient (Wildman–Crippen LogP) is 5.53. The van der Waals surface area contributed by atoms with Gasteiger partial charge in [0.1, 0.15) is 18.2 Å². The SMILES string of the molecule is CCOC(=O)C1=C(c2ccccc2)N=c2s/c(=C\c3ccccc3OCc3ccccc3C#N)c(=O)n2[C@H]1c1ccc(F)cc1. The monoisotopic (exact) mass is 615 g/mol. The average molecular weight is 616 g/mol. The fourth-order valence-electron chi connectivity index (χ4n) is 5.18. The largest absolute Gasteiger partial charge is 0.488 e. The lowest BCUT2D eigenvalue weighted by molar-refractivity contribution is -0.138. The number of thiazole rings is 1. The summed E-state index contributed by atoms with van der Waals surface area (Å²) in [7, 11) is 0. The van der Waals surface area contributed by atoms with Gasteiger partial charge in [-0.05, 0) is 42.8 Å². The van der Waals surface area contributed by atoms with E-state index in [2.05, 4.69) is 6.07 Å². The molecular formula is C36H26FN3O4S. The van der Waals surface area contributed by atoms with Crippen molar-refractivity contribution in [3.05, 3.63) is 162 Å². The minimum atomic E-state index is -0.910. The maximum absolute atomic E-state index is 14.2. The molecule has 7 nitrogen and oxygen atoms in total. The third-order valence-corrected chi connectivity index (χ3v) is 8.27. The van der Waals surface area contributed by atoms with Gasteiger partial charge in [0.05, 0.1) is 40.1 Å². The highest BCUT2D eigenvalue weighted by atomic mass is 32.1. The zero-order valence-electron chi connectivity index (χ0n) is 24.1. The molecule has 0 saturated carbocycles. The Bertz CT molecular complexity index is 2150. The van der Waals surface area contributed by atoms with Crippen molar-refractivity contribution in [1.29, 1.82) is 5.26 Å². The molecule has 0 N–H and O–H groups in total. The first-order chi connectivity index (χ1) is 22.0. The summed E-state index contributed by atoms with van der Waals surface area (Å²) < 4.78 is 27.4. The molecule has 0 unspecified atom stereocenters. The van der Waals surface area contributed by atoms with E-state index in [9.17, 15) is 19.2 Å². The standard InChI is InChI=1S/C36H26FN3O4S/c1-2-43-35(42)31-32(23-10-4-3-5-11-23)39-36-40(33(31)24-16-18-28(37)19-17-24)34(41)30(45-36)20-25-12-8-9-15-29(25)44-22-27-14-7-6-13-26(27)21-38/h3-20,33H,2,22H2,1H3/b30-20-/t33-/m0/s1. The van der Waals surface area contributed by atoms with Crippen molar-refractivity contribution in [1.82, 2.24) is 4.57 Å². The van der Waals surface area contributed by atoms with E-state index in [1.165, 1.54) is 28.0 Å². The van der Waals surface area contributed by atoms with E-state index in [0.717, 1.165) is 5.56 Å². The second kappa shape index (κ2) is 13.0. The van der Waals surface area contributed by atoms with Crippen LogP contribution in [-0.4, -0.2) is 17.1 Å². The van der Waals surface area contributed by atoms with Gasteiger partial charge in [0, 0.05) is 16.7 Å². The molecule has 0 saturated heterocycles. The maximum Gasteiger partial charge on any atom is 0.338 e. The molecule has 0 aliphatic carbocycles. The number of aromatic nitrogens is 1. The summed E-state index contributed by atoms with van der Waals surface area (Å²) in [5.74, 6) is -0.520. The maximum atomic E-state index is 14.2. The lowest BCUT2D eigenvalue weighted by Gasteiger charge is -2.25. The summed E-state index contributed by atoms with van der Waals surface area (Å²) in [6.07, 6.45) is 1.73. The number of rotatable bonds is 8. The Morgan fingerprint density at radius 3 is 2.47 bits per heavy atom. The summed E-state index contributed by atoms with van der Waals surface area (Å²) >= 11 is 1.18. The van der Waals surface area contributed by atoms with Crippen LogP contribution in [0.15, 0.2) is 118 Å². The first-order valence-electron chi connectivity index (χ1n) is 14.2. The highest BCUT2D eigenvalue weighted by molar-refractivity contribution is 7.07. The third-order valence-electron chi connectivity index (χ3n) is 7.29. The second-order valence-electron chi connectivity index (χ2n) is 10.1. The molecule has 0 amide bonds. The fourth-order valence-corrected chi connectivity index (χ4v) is 6.18. The summed E-state index contributed by atoms with van der Waals surface area (Å²) in [4.78, 5) is 33.0. The zero-order chi connectivity index (χ0) is 31.3. The summed E-state index contributed by atoms with van der Waals surface area (Å²) in [5, 5.41) is 9.46. The molecule has 1 aliphatic rings. The topological polar surface area (TPSA) is 93.7 Å². The van der Waals surface area contributed by atoms with Gasteiger partial charge < -0.3 is 9.47 Å². The van der Waals surface area contributed by atoms with Crippen LogP contribution in [0.4, 0.5) is 4.39 Å². The van der Waals surface area contributed by atoms with Gasteiger partial charge in [0.25, 0.3) is 5.56 Å². The van der Waals surface area contributed by atoms with Crippen molar-refractivity contribution >= 4 is 29.1 Å². The Kier molecular flexibility index (Phi) is 8.49. The first kappa shape index (κ1) is 29.5. The molecule has 0 spiro atoms. The molecule has 1 aliphatic heterocycles. The van der Waals surface area contributed by atoms with Crippen LogP contribution in [0.1, 0.15) is 40.8 Å². The fraction of sp³-hybridized carbons (Fsp3) is 0.111. The molecule has 1 atom stereocenters. The van der Waals surface area contributed by atoms with Gasteiger partial charge in [-0.25, -0.2) is 14.2 Å². The van der Waals surface area contributed by atoms with Crippen molar-refractivity contribution in [3.8, 4) is 11.8 Å². The highest BCUT2D eigenvalue weighted by Gasteiger charge is 2.35. The van der Waals surface area contributed by atoms with Crippen LogP contribution < -0.4 is 19.6 Å². The van der Waals surface area contributed by atoms with Crippen LogP contribution in [0, 0.1) is 17.1 Å². The molecule has 0 radical (unpaired) electrons. The van der Waals surface area contributed by atoms with Crippen LogP contribution in [0.25, 0.3) is 11.8 Å². The smallest absolute Gasteiger partial charge is 0.338 e.